The predicted octanol–water partition coefficient (Wildman–Crippen LogP) is 5.76. The number of piperidine rings is 1. The number of Topliss-reactive ketones (excluding diaryl/α,β-unsaturated/α-hetero) is 1. The number of halogens is 1. The average Bonchev–Trinajstić information content (AvgIpc) is 3.21. The summed E-state index contributed by atoms with van der Waals surface area (Å²) in [7, 11) is 0. The Bertz CT molecular complexity index is 1280. The SMILES string of the molecule is C=CCN1C[C@H](C(=O)OCC(=O)c2ccccc2Br)CC2c3cccc4c3c(cn4CCC)C[C@H]21. The number of likely N-dealkylation sites (tertiary alicyclic amines) is 1. The Morgan fingerprint density at radius 1 is 1.20 bits per heavy atom. The normalized spacial score (nSPS) is 21.5. The smallest absolute Gasteiger partial charge is 0.310 e. The summed E-state index contributed by atoms with van der Waals surface area (Å²) in [5.41, 5.74) is 4.55. The molecule has 3 atom stereocenters. The van der Waals surface area contributed by atoms with Crippen molar-refractivity contribution in [1.29, 1.82) is 0 Å². The van der Waals surface area contributed by atoms with Gasteiger partial charge in [-0.3, -0.25) is 14.5 Å². The monoisotopic (exact) mass is 534 g/mol. The first-order valence-electron chi connectivity index (χ1n) is 12.4. The number of rotatable bonds is 8. The molecule has 2 aromatic carbocycles. The quantitative estimate of drug-likeness (QED) is 0.209. The molecule has 2 heterocycles. The number of hydrogen-bond donors (Lipinski definition) is 0. The lowest BCUT2D eigenvalue weighted by Gasteiger charge is -2.46. The molecule has 0 radical (unpaired) electrons. The standard InChI is InChI=1S/C29H31BrN2O3/c1-3-12-31-16-19-15-26-23(21-9-7-11-25(31)28(19)21)14-20(17-32(26)13-4-2)29(34)35-18-27(33)22-8-5-6-10-24(22)30/h4-11,16,20,23,26H,2-3,12-15,17-18H2,1H3/t20-,23?,26-/m1/s1. The molecule has 5 rings (SSSR count). The Labute approximate surface area is 214 Å². The second-order valence-electron chi connectivity index (χ2n) is 9.65. The fourth-order valence-electron chi connectivity index (χ4n) is 5.97. The van der Waals surface area contributed by atoms with Gasteiger partial charge in [-0.15, -0.1) is 6.58 Å². The van der Waals surface area contributed by atoms with Crippen molar-refractivity contribution in [3.05, 3.63) is 82.5 Å². The maximum absolute atomic E-state index is 13.2. The summed E-state index contributed by atoms with van der Waals surface area (Å²) in [6.45, 7) is 8.28. The van der Waals surface area contributed by atoms with E-state index in [1.165, 1.54) is 22.0 Å². The van der Waals surface area contributed by atoms with E-state index >= 15 is 0 Å². The minimum atomic E-state index is -0.292. The van der Waals surface area contributed by atoms with Crippen LogP contribution in [0.5, 0.6) is 0 Å². The molecule has 2 aliphatic rings. The van der Waals surface area contributed by atoms with Crippen molar-refractivity contribution < 1.29 is 14.3 Å². The molecule has 6 heteroatoms. The maximum Gasteiger partial charge on any atom is 0.310 e. The largest absolute Gasteiger partial charge is 0.457 e. The fraction of sp³-hybridized carbons (Fsp3) is 0.379. The lowest BCUT2D eigenvalue weighted by atomic mass is 9.72. The molecule has 3 aromatic rings. The van der Waals surface area contributed by atoms with Gasteiger partial charge < -0.3 is 9.30 Å². The Hall–Kier alpha value is -2.70. The summed E-state index contributed by atoms with van der Waals surface area (Å²) >= 11 is 3.40. The Morgan fingerprint density at radius 3 is 2.80 bits per heavy atom. The average molecular weight is 535 g/mol. The van der Waals surface area contributed by atoms with Gasteiger partial charge in [-0.2, -0.15) is 0 Å². The van der Waals surface area contributed by atoms with Crippen LogP contribution in [-0.2, 0) is 22.5 Å². The van der Waals surface area contributed by atoms with Gasteiger partial charge >= 0.3 is 5.97 Å². The minimum absolute atomic E-state index is 0.202. The zero-order valence-electron chi connectivity index (χ0n) is 20.1. The number of benzene rings is 2. The van der Waals surface area contributed by atoms with Gasteiger partial charge in [0.25, 0.3) is 0 Å². The third-order valence-corrected chi connectivity index (χ3v) is 8.14. The van der Waals surface area contributed by atoms with E-state index in [9.17, 15) is 9.59 Å². The van der Waals surface area contributed by atoms with Crippen LogP contribution in [0.4, 0.5) is 0 Å². The van der Waals surface area contributed by atoms with Crippen molar-refractivity contribution in [3.63, 3.8) is 0 Å². The van der Waals surface area contributed by atoms with E-state index in [4.69, 9.17) is 4.74 Å². The van der Waals surface area contributed by atoms with Crippen molar-refractivity contribution >= 4 is 38.6 Å². The number of ether oxygens (including phenoxy) is 1. The van der Waals surface area contributed by atoms with E-state index in [2.05, 4.69) is 63.3 Å². The van der Waals surface area contributed by atoms with Gasteiger partial charge in [-0.05, 0) is 42.5 Å². The van der Waals surface area contributed by atoms with Crippen LogP contribution >= 0.6 is 15.9 Å². The highest BCUT2D eigenvalue weighted by Gasteiger charge is 2.43. The molecule has 1 saturated heterocycles. The molecule has 0 N–H and O–H groups in total. The summed E-state index contributed by atoms with van der Waals surface area (Å²) < 4.78 is 8.66. The molecular weight excluding hydrogens is 504 g/mol. The number of aryl methyl sites for hydroxylation is 1. The molecule has 182 valence electrons. The summed E-state index contributed by atoms with van der Waals surface area (Å²) in [4.78, 5) is 28.2. The number of fused-ring (bicyclic) bond motifs is 2. The molecule has 35 heavy (non-hydrogen) atoms. The lowest BCUT2D eigenvalue weighted by molar-refractivity contribution is -0.150. The molecule has 0 spiro atoms. The van der Waals surface area contributed by atoms with Crippen LogP contribution < -0.4 is 0 Å². The highest BCUT2D eigenvalue weighted by Crippen LogP contribution is 2.45. The minimum Gasteiger partial charge on any atom is -0.457 e. The second-order valence-corrected chi connectivity index (χ2v) is 10.5. The van der Waals surface area contributed by atoms with Crippen molar-refractivity contribution in [2.75, 3.05) is 19.7 Å². The van der Waals surface area contributed by atoms with Gasteiger partial charge in [-0.1, -0.05) is 59.3 Å². The van der Waals surface area contributed by atoms with Crippen LogP contribution in [0.1, 0.15) is 47.2 Å². The van der Waals surface area contributed by atoms with Crippen LogP contribution in [0.25, 0.3) is 10.9 Å². The molecule has 0 saturated carbocycles. The number of nitrogens with zero attached hydrogens (tertiary/aromatic N) is 2. The molecule has 1 aromatic heterocycles. The Kier molecular flexibility index (Phi) is 6.94. The van der Waals surface area contributed by atoms with Crippen molar-refractivity contribution in [1.82, 2.24) is 9.47 Å². The molecule has 1 fully saturated rings. The molecule has 0 bridgehead atoms. The number of aromatic nitrogens is 1. The lowest BCUT2D eigenvalue weighted by Crippen LogP contribution is -2.51. The number of esters is 1. The summed E-state index contributed by atoms with van der Waals surface area (Å²) in [5.74, 6) is -0.530. The zero-order valence-corrected chi connectivity index (χ0v) is 21.7. The van der Waals surface area contributed by atoms with Crippen LogP contribution in [0.2, 0.25) is 0 Å². The maximum atomic E-state index is 13.2. The van der Waals surface area contributed by atoms with Gasteiger partial charge in [0.15, 0.2) is 6.61 Å². The molecule has 0 amide bonds. The summed E-state index contributed by atoms with van der Waals surface area (Å²) in [6, 6.07) is 14.1. The van der Waals surface area contributed by atoms with E-state index in [0.29, 0.717) is 22.6 Å². The first-order valence-corrected chi connectivity index (χ1v) is 13.2. The van der Waals surface area contributed by atoms with Crippen molar-refractivity contribution in [2.24, 2.45) is 5.92 Å². The molecule has 5 nitrogen and oxygen atoms in total. The van der Waals surface area contributed by atoms with Crippen molar-refractivity contribution in [2.45, 2.75) is 44.7 Å². The van der Waals surface area contributed by atoms with Crippen LogP contribution in [-0.4, -0.2) is 47.0 Å². The van der Waals surface area contributed by atoms with Gasteiger partial charge in [0.1, 0.15) is 0 Å². The third kappa shape index (κ3) is 4.50. The zero-order chi connectivity index (χ0) is 24.5. The van der Waals surface area contributed by atoms with Gasteiger partial charge in [-0.25, -0.2) is 0 Å². The Morgan fingerprint density at radius 2 is 2.03 bits per heavy atom. The molecule has 1 unspecified atom stereocenters. The molecule has 1 aliphatic carbocycles. The summed E-state index contributed by atoms with van der Waals surface area (Å²) in [5, 5.41) is 1.36. The van der Waals surface area contributed by atoms with E-state index < -0.39 is 0 Å². The Balaban J connectivity index is 1.38. The van der Waals surface area contributed by atoms with Gasteiger partial charge in [0.2, 0.25) is 5.78 Å². The predicted molar refractivity (Wildman–Crippen MR) is 142 cm³/mol. The second kappa shape index (κ2) is 10.1. The van der Waals surface area contributed by atoms with Crippen LogP contribution in [0.15, 0.2) is 65.8 Å². The number of carbonyl (C=O) groups is 2. The molecule has 1 aliphatic heterocycles. The van der Waals surface area contributed by atoms with Crippen LogP contribution in [0, 0.1) is 5.92 Å². The summed E-state index contributed by atoms with van der Waals surface area (Å²) in [6.07, 6.45) is 7.05. The van der Waals surface area contributed by atoms with Gasteiger partial charge in [0, 0.05) is 58.7 Å². The highest BCUT2D eigenvalue weighted by molar-refractivity contribution is 9.10. The number of carbonyl (C=O) groups excluding carboxylic acids is 2. The number of hydrogen-bond acceptors (Lipinski definition) is 4. The fourth-order valence-corrected chi connectivity index (χ4v) is 6.47. The van der Waals surface area contributed by atoms with Gasteiger partial charge in [0.05, 0.1) is 5.92 Å². The van der Waals surface area contributed by atoms with E-state index in [0.717, 1.165) is 32.4 Å². The van der Waals surface area contributed by atoms with E-state index in [1.807, 2.05) is 18.2 Å². The third-order valence-electron chi connectivity index (χ3n) is 7.45. The number of ketones is 1. The van der Waals surface area contributed by atoms with Crippen LogP contribution in [0.3, 0.4) is 0 Å². The van der Waals surface area contributed by atoms with Crippen molar-refractivity contribution in [3.8, 4) is 0 Å². The first-order chi connectivity index (χ1) is 17.0. The van der Waals surface area contributed by atoms with E-state index in [1.54, 1.807) is 12.1 Å². The van der Waals surface area contributed by atoms with E-state index in [-0.39, 0.29) is 30.2 Å². The topological polar surface area (TPSA) is 51.5 Å². The molecular formula is C29H31BrN2O3. The highest BCUT2D eigenvalue weighted by atomic mass is 79.9. The first kappa shape index (κ1) is 24.0.